The van der Waals surface area contributed by atoms with E-state index in [0.29, 0.717) is 12.2 Å². The summed E-state index contributed by atoms with van der Waals surface area (Å²) in [6, 6.07) is 1.30. The van der Waals surface area contributed by atoms with Gasteiger partial charge in [0.15, 0.2) is 0 Å². The van der Waals surface area contributed by atoms with Gasteiger partial charge in [0, 0.05) is 29.5 Å². The summed E-state index contributed by atoms with van der Waals surface area (Å²) in [5.41, 5.74) is 0.518. The molecular formula is C11H17BrN2O3S. The van der Waals surface area contributed by atoms with Gasteiger partial charge in [-0.1, -0.05) is 0 Å². The van der Waals surface area contributed by atoms with E-state index in [1.807, 2.05) is 13.1 Å². The molecule has 1 amide bonds. The molecule has 1 atom stereocenters. The zero-order valence-corrected chi connectivity index (χ0v) is 13.0. The molecule has 0 aliphatic carbocycles. The van der Waals surface area contributed by atoms with Crippen LogP contribution in [0.2, 0.25) is 0 Å². The molecule has 0 bridgehead atoms. The molecule has 0 aliphatic rings. The number of carbonyl (C=O) groups excluding carboxylic acids is 1. The van der Waals surface area contributed by atoms with Crippen molar-refractivity contribution in [2.75, 3.05) is 12.0 Å². The molecule has 0 spiro atoms. The smallest absolute Gasteiger partial charge is 0.268 e. The van der Waals surface area contributed by atoms with Crippen molar-refractivity contribution in [2.45, 2.75) is 26.4 Å². The van der Waals surface area contributed by atoms with E-state index in [4.69, 9.17) is 0 Å². The average Bonchev–Trinajstić information content (AvgIpc) is 2.56. The van der Waals surface area contributed by atoms with Gasteiger partial charge in [0.05, 0.1) is 5.75 Å². The van der Waals surface area contributed by atoms with Crippen LogP contribution in [0.4, 0.5) is 0 Å². The summed E-state index contributed by atoms with van der Waals surface area (Å²) in [4.78, 5) is 12.0. The number of hydrogen-bond acceptors (Lipinski definition) is 3. The Bertz CT molecular complexity index is 536. The first kappa shape index (κ1) is 15.2. The van der Waals surface area contributed by atoms with E-state index >= 15 is 0 Å². The Kier molecular flexibility index (Phi) is 4.98. The summed E-state index contributed by atoms with van der Waals surface area (Å²) in [5.74, 6) is -0.328. The van der Waals surface area contributed by atoms with Crippen LogP contribution in [-0.4, -0.2) is 36.9 Å². The van der Waals surface area contributed by atoms with Crippen molar-refractivity contribution in [3.63, 3.8) is 0 Å². The van der Waals surface area contributed by atoms with Crippen LogP contribution >= 0.6 is 15.9 Å². The largest absolute Gasteiger partial charge is 0.347 e. The van der Waals surface area contributed by atoms with Gasteiger partial charge in [-0.2, -0.15) is 0 Å². The molecule has 102 valence electrons. The first-order valence-corrected chi connectivity index (χ1v) is 8.42. The Morgan fingerprint density at radius 1 is 1.56 bits per heavy atom. The van der Waals surface area contributed by atoms with Crippen molar-refractivity contribution in [3.8, 4) is 0 Å². The quantitative estimate of drug-likeness (QED) is 0.884. The molecule has 0 saturated heterocycles. The number of aromatic nitrogens is 1. The third kappa shape index (κ3) is 4.45. The van der Waals surface area contributed by atoms with Gasteiger partial charge in [-0.25, -0.2) is 8.42 Å². The maximum Gasteiger partial charge on any atom is 0.268 e. The number of aryl methyl sites for hydroxylation is 1. The number of sulfone groups is 1. The topological polar surface area (TPSA) is 68.2 Å². The second kappa shape index (κ2) is 5.88. The summed E-state index contributed by atoms with van der Waals surface area (Å²) < 4.78 is 24.9. The minimum atomic E-state index is -3.09. The molecule has 0 fully saturated rings. The molecule has 5 nitrogen and oxygen atoms in total. The van der Waals surface area contributed by atoms with Crippen molar-refractivity contribution in [1.29, 1.82) is 0 Å². The van der Waals surface area contributed by atoms with E-state index in [-0.39, 0.29) is 11.7 Å². The van der Waals surface area contributed by atoms with Gasteiger partial charge < -0.3 is 9.88 Å². The summed E-state index contributed by atoms with van der Waals surface area (Å²) in [6.07, 6.45) is 2.97. The van der Waals surface area contributed by atoms with E-state index < -0.39 is 15.9 Å². The summed E-state index contributed by atoms with van der Waals surface area (Å²) in [5, 5.41) is 2.68. The number of nitrogens with zero attached hydrogens (tertiary/aromatic N) is 1. The van der Waals surface area contributed by atoms with Gasteiger partial charge in [-0.3, -0.25) is 4.79 Å². The number of rotatable bonds is 5. The standard InChI is InChI=1S/C11H17BrN2O3S/c1-4-14-6-9(12)5-10(14)11(15)13-8(2)7-18(3,16)17/h5-6,8H,4,7H2,1-3H3,(H,13,15). The van der Waals surface area contributed by atoms with Crippen LogP contribution < -0.4 is 5.32 Å². The highest BCUT2D eigenvalue weighted by atomic mass is 79.9. The molecule has 1 aromatic heterocycles. The minimum Gasteiger partial charge on any atom is -0.347 e. The van der Waals surface area contributed by atoms with Crippen molar-refractivity contribution in [2.24, 2.45) is 0 Å². The molecule has 1 heterocycles. The van der Waals surface area contributed by atoms with E-state index in [1.165, 1.54) is 0 Å². The number of nitrogens with one attached hydrogen (secondary N) is 1. The maximum atomic E-state index is 12.0. The van der Waals surface area contributed by atoms with E-state index in [1.54, 1.807) is 17.6 Å². The fourth-order valence-corrected chi connectivity index (χ4v) is 3.18. The summed E-state index contributed by atoms with van der Waals surface area (Å²) >= 11 is 3.31. The Morgan fingerprint density at radius 3 is 2.67 bits per heavy atom. The third-order valence-electron chi connectivity index (χ3n) is 2.37. The predicted octanol–water partition coefficient (Wildman–Crippen LogP) is 1.43. The number of hydrogen-bond donors (Lipinski definition) is 1. The van der Waals surface area contributed by atoms with Crippen LogP contribution in [0, 0.1) is 0 Å². The van der Waals surface area contributed by atoms with Crippen LogP contribution in [-0.2, 0) is 16.4 Å². The molecule has 1 aromatic rings. The summed E-state index contributed by atoms with van der Waals surface area (Å²) in [6.45, 7) is 4.28. The third-order valence-corrected chi connectivity index (χ3v) is 3.91. The van der Waals surface area contributed by atoms with Crippen LogP contribution in [0.15, 0.2) is 16.7 Å². The highest BCUT2D eigenvalue weighted by Gasteiger charge is 2.17. The summed E-state index contributed by atoms with van der Waals surface area (Å²) in [7, 11) is -3.09. The van der Waals surface area contributed by atoms with Crippen molar-refractivity contribution < 1.29 is 13.2 Å². The molecule has 0 saturated carbocycles. The molecular weight excluding hydrogens is 320 g/mol. The van der Waals surface area contributed by atoms with E-state index in [0.717, 1.165) is 10.7 Å². The fraction of sp³-hybridized carbons (Fsp3) is 0.545. The van der Waals surface area contributed by atoms with Crippen LogP contribution in [0.1, 0.15) is 24.3 Å². The van der Waals surface area contributed by atoms with Crippen molar-refractivity contribution >= 4 is 31.7 Å². The number of carbonyl (C=O) groups is 1. The van der Waals surface area contributed by atoms with Crippen molar-refractivity contribution in [3.05, 3.63) is 22.4 Å². The molecule has 7 heteroatoms. The zero-order chi connectivity index (χ0) is 13.9. The van der Waals surface area contributed by atoms with Crippen molar-refractivity contribution in [1.82, 2.24) is 9.88 Å². The van der Waals surface area contributed by atoms with Gasteiger partial charge >= 0.3 is 0 Å². The van der Waals surface area contributed by atoms with Gasteiger partial charge in [0.1, 0.15) is 15.5 Å². The first-order valence-electron chi connectivity index (χ1n) is 5.57. The zero-order valence-electron chi connectivity index (χ0n) is 10.6. The lowest BCUT2D eigenvalue weighted by atomic mass is 10.3. The number of halogens is 1. The lowest BCUT2D eigenvalue weighted by Crippen LogP contribution is -2.38. The molecule has 18 heavy (non-hydrogen) atoms. The van der Waals surface area contributed by atoms with Gasteiger partial charge in [-0.05, 0) is 35.8 Å². The van der Waals surface area contributed by atoms with Gasteiger partial charge in [-0.15, -0.1) is 0 Å². The molecule has 0 radical (unpaired) electrons. The average molecular weight is 337 g/mol. The highest BCUT2D eigenvalue weighted by molar-refractivity contribution is 9.10. The minimum absolute atomic E-state index is 0.0628. The Labute approximate surface area is 116 Å². The van der Waals surface area contributed by atoms with E-state index in [2.05, 4.69) is 21.2 Å². The Hall–Kier alpha value is -0.820. The normalized spacial score (nSPS) is 13.3. The van der Waals surface area contributed by atoms with Crippen LogP contribution in [0.5, 0.6) is 0 Å². The second-order valence-corrected chi connectivity index (χ2v) is 7.40. The van der Waals surface area contributed by atoms with Gasteiger partial charge in [0.2, 0.25) is 0 Å². The molecule has 1 rings (SSSR count). The molecule has 0 aromatic carbocycles. The molecule has 0 aliphatic heterocycles. The second-order valence-electron chi connectivity index (χ2n) is 4.30. The maximum absolute atomic E-state index is 12.0. The van der Waals surface area contributed by atoms with E-state index in [9.17, 15) is 13.2 Å². The monoisotopic (exact) mass is 336 g/mol. The fourth-order valence-electron chi connectivity index (χ4n) is 1.72. The molecule has 1 unspecified atom stereocenters. The Morgan fingerprint density at radius 2 is 2.17 bits per heavy atom. The van der Waals surface area contributed by atoms with Gasteiger partial charge in [0.25, 0.3) is 5.91 Å². The predicted molar refractivity (Wildman–Crippen MR) is 74.4 cm³/mol. The van der Waals surface area contributed by atoms with Crippen LogP contribution in [0.3, 0.4) is 0 Å². The Balaban J connectivity index is 2.76. The molecule has 1 N–H and O–H groups in total. The lowest BCUT2D eigenvalue weighted by Gasteiger charge is -2.13. The SMILES string of the molecule is CCn1cc(Br)cc1C(=O)NC(C)CS(C)(=O)=O. The van der Waals surface area contributed by atoms with Crippen LogP contribution in [0.25, 0.3) is 0 Å². The number of amides is 1. The highest BCUT2D eigenvalue weighted by Crippen LogP contribution is 2.15. The lowest BCUT2D eigenvalue weighted by molar-refractivity contribution is 0.0934. The first-order chi connectivity index (χ1) is 8.23.